The molecule has 2 heterocycles. The Morgan fingerprint density at radius 3 is 2.83 bits per heavy atom. The van der Waals surface area contributed by atoms with Crippen molar-refractivity contribution in [2.24, 2.45) is 0 Å². The number of thiophene rings is 1. The van der Waals surface area contributed by atoms with Crippen LogP contribution in [-0.2, 0) is 10.0 Å². The van der Waals surface area contributed by atoms with Crippen molar-refractivity contribution >= 4 is 27.3 Å². The van der Waals surface area contributed by atoms with Gasteiger partial charge in [0.15, 0.2) is 0 Å². The zero-order chi connectivity index (χ0) is 13.3. The van der Waals surface area contributed by atoms with E-state index in [2.05, 4.69) is 0 Å². The second-order valence-corrected chi connectivity index (χ2v) is 7.15. The quantitative estimate of drug-likeness (QED) is 0.923. The van der Waals surface area contributed by atoms with Gasteiger partial charge in [-0.2, -0.15) is 4.31 Å². The third kappa shape index (κ3) is 2.30. The first-order chi connectivity index (χ1) is 8.44. The van der Waals surface area contributed by atoms with E-state index in [1.165, 1.54) is 15.8 Å². The Bertz CT molecular complexity index is 549. The number of hydrogen-bond acceptors (Lipinski definition) is 4. The van der Waals surface area contributed by atoms with E-state index < -0.39 is 16.0 Å². The first-order valence-corrected chi connectivity index (χ1v) is 8.09. The zero-order valence-electron chi connectivity index (χ0n) is 10.00. The number of sulfonamides is 1. The molecule has 0 radical (unpaired) electrons. The van der Waals surface area contributed by atoms with Gasteiger partial charge in [0.25, 0.3) is 0 Å². The molecule has 18 heavy (non-hydrogen) atoms. The second-order valence-electron chi connectivity index (χ2n) is 4.38. The summed E-state index contributed by atoms with van der Waals surface area (Å²) in [5.74, 6) is -1.19. The summed E-state index contributed by atoms with van der Waals surface area (Å²) in [6, 6.07) is 1.32. The highest BCUT2D eigenvalue weighted by atomic mass is 32.2. The molecule has 1 unspecified atom stereocenters. The van der Waals surface area contributed by atoms with E-state index in [0.29, 0.717) is 6.54 Å². The second kappa shape index (κ2) is 4.99. The summed E-state index contributed by atoms with van der Waals surface area (Å²) >= 11 is 0.944. The molecule has 2 rings (SSSR count). The summed E-state index contributed by atoms with van der Waals surface area (Å²) in [5, 5.41) is 10.5. The van der Waals surface area contributed by atoms with E-state index >= 15 is 0 Å². The lowest BCUT2D eigenvalue weighted by Crippen LogP contribution is -2.42. The Morgan fingerprint density at radius 2 is 2.22 bits per heavy atom. The maximum absolute atomic E-state index is 12.5. The van der Waals surface area contributed by atoms with Gasteiger partial charge in [-0.25, -0.2) is 13.2 Å². The van der Waals surface area contributed by atoms with Crippen LogP contribution in [-0.4, -0.2) is 36.4 Å². The number of piperidine rings is 1. The summed E-state index contributed by atoms with van der Waals surface area (Å²) in [7, 11) is -3.68. The summed E-state index contributed by atoms with van der Waals surface area (Å²) in [6.45, 7) is 2.34. The molecule has 1 N–H and O–H groups in total. The van der Waals surface area contributed by atoms with Crippen LogP contribution in [0.2, 0.25) is 0 Å². The van der Waals surface area contributed by atoms with Gasteiger partial charge in [0, 0.05) is 12.6 Å². The fraction of sp³-hybridized carbons (Fsp3) is 0.545. The van der Waals surface area contributed by atoms with Crippen LogP contribution < -0.4 is 0 Å². The SMILES string of the molecule is CC1CCCCN1S(=O)(=O)c1ccsc1C(=O)O. The summed E-state index contributed by atoms with van der Waals surface area (Å²) in [6.07, 6.45) is 2.67. The van der Waals surface area contributed by atoms with Gasteiger partial charge in [0.1, 0.15) is 9.77 Å². The van der Waals surface area contributed by atoms with E-state index in [9.17, 15) is 13.2 Å². The maximum atomic E-state index is 12.5. The number of carboxylic acids is 1. The molecule has 100 valence electrons. The minimum atomic E-state index is -3.68. The first-order valence-electron chi connectivity index (χ1n) is 5.77. The van der Waals surface area contributed by atoms with Crippen LogP contribution in [0.1, 0.15) is 35.9 Å². The monoisotopic (exact) mass is 289 g/mol. The van der Waals surface area contributed by atoms with E-state index in [-0.39, 0.29) is 15.8 Å². The molecule has 1 fully saturated rings. The van der Waals surface area contributed by atoms with Crippen molar-refractivity contribution in [2.45, 2.75) is 37.1 Å². The van der Waals surface area contributed by atoms with Crippen molar-refractivity contribution in [3.63, 3.8) is 0 Å². The molecule has 7 heteroatoms. The summed E-state index contributed by atoms with van der Waals surface area (Å²) in [4.78, 5) is 10.8. The number of rotatable bonds is 3. The van der Waals surface area contributed by atoms with Crippen molar-refractivity contribution in [3.8, 4) is 0 Å². The lowest BCUT2D eigenvalue weighted by Gasteiger charge is -2.32. The highest BCUT2D eigenvalue weighted by Crippen LogP contribution is 2.29. The number of hydrogen-bond donors (Lipinski definition) is 1. The highest BCUT2D eigenvalue weighted by molar-refractivity contribution is 7.89. The molecular formula is C11H15NO4S2. The predicted octanol–water partition coefficient (Wildman–Crippen LogP) is 2.01. The number of nitrogens with zero attached hydrogens (tertiary/aromatic N) is 1. The van der Waals surface area contributed by atoms with E-state index in [4.69, 9.17) is 5.11 Å². The van der Waals surface area contributed by atoms with Gasteiger partial charge in [-0.1, -0.05) is 6.42 Å². The molecule has 0 amide bonds. The average Bonchev–Trinajstić information content (AvgIpc) is 2.78. The van der Waals surface area contributed by atoms with Crippen LogP contribution in [0.4, 0.5) is 0 Å². The van der Waals surface area contributed by atoms with Gasteiger partial charge in [0.2, 0.25) is 10.0 Å². The Hall–Kier alpha value is -0.920. The third-order valence-electron chi connectivity index (χ3n) is 3.15. The average molecular weight is 289 g/mol. The van der Waals surface area contributed by atoms with Crippen molar-refractivity contribution in [2.75, 3.05) is 6.54 Å². The van der Waals surface area contributed by atoms with Crippen LogP contribution in [0, 0.1) is 0 Å². The van der Waals surface area contributed by atoms with Crippen molar-refractivity contribution in [3.05, 3.63) is 16.3 Å². The minimum Gasteiger partial charge on any atom is -0.477 e. The molecule has 1 aromatic rings. The first kappa shape index (κ1) is 13.5. The van der Waals surface area contributed by atoms with Crippen LogP contribution >= 0.6 is 11.3 Å². The topological polar surface area (TPSA) is 74.7 Å². The lowest BCUT2D eigenvalue weighted by atomic mass is 10.1. The largest absolute Gasteiger partial charge is 0.477 e. The van der Waals surface area contributed by atoms with Gasteiger partial charge >= 0.3 is 5.97 Å². The number of aromatic carboxylic acids is 1. The Kier molecular flexibility index (Phi) is 3.74. The molecule has 1 aromatic heterocycles. The third-order valence-corrected chi connectivity index (χ3v) is 6.24. The van der Waals surface area contributed by atoms with Gasteiger partial charge in [0.05, 0.1) is 0 Å². The lowest BCUT2D eigenvalue weighted by molar-refractivity contribution is 0.0698. The van der Waals surface area contributed by atoms with E-state index in [0.717, 1.165) is 30.6 Å². The molecule has 0 spiro atoms. The predicted molar refractivity (Wildman–Crippen MR) is 68.5 cm³/mol. The normalized spacial score (nSPS) is 21.9. The highest BCUT2D eigenvalue weighted by Gasteiger charge is 2.34. The van der Waals surface area contributed by atoms with Gasteiger partial charge < -0.3 is 5.11 Å². The Labute approximate surface area is 110 Å². The van der Waals surface area contributed by atoms with Crippen LogP contribution in [0.5, 0.6) is 0 Å². The van der Waals surface area contributed by atoms with E-state index in [1.807, 2.05) is 6.92 Å². The minimum absolute atomic E-state index is 0.0645. The molecule has 1 aliphatic heterocycles. The van der Waals surface area contributed by atoms with Crippen LogP contribution in [0.3, 0.4) is 0 Å². The molecule has 0 saturated carbocycles. The molecule has 0 aliphatic carbocycles. The van der Waals surface area contributed by atoms with Gasteiger partial charge in [-0.05, 0) is 31.2 Å². The summed E-state index contributed by atoms with van der Waals surface area (Å²) in [5.41, 5.74) is 0. The van der Waals surface area contributed by atoms with Crippen LogP contribution in [0.15, 0.2) is 16.3 Å². The standard InChI is InChI=1S/C11H15NO4S2/c1-8-4-2-3-6-12(8)18(15,16)9-5-7-17-10(9)11(13)14/h5,7-8H,2-4,6H2,1H3,(H,13,14). The molecule has 5 nitrogen and oxygen atoms in total. The Balaban J connectivity index is 2.41. The van der Waals surface area contributed by atoms with Crippen molar-refractivity contribution in [1.82, 2.24) is 4.31 Å². The van der Waals surface area contributed by atoms with Crippen molar-refractivity contribution in [1.29, 1.82) is 0 Å². The van der Waals surface area contributed by atoms with Crippen LogP contribution in [0.25, 0.3) is 0 Å². The fourth-order valence-electron chi connectivity index (χ4n) is 2.21. The van der Waals surface area contributed by atoms with Gasteiger partial charge in [-0.15, -0.1) is 11.3 Å². The van der Waals surface area contributed by atoms with E-state index in [1.54, 1.807) is 0 Å². The zero-order valence-corrected chi connectivity index (χ0v) is 11.6. The molecule has 1 saturated heterocycles. The number of carboxylic acid groups (broad SMARTS) is 1. The maximum Gasteiger partial charge on any atom is 0.347 e. The molecule has 0 bridgehead atoms. The Morgan fingerprint density at radius 1 is 1.50 bits per heavy atom. The smallest absolute Gasteiger partial charge is 0.347 e. The number of carbonyl (C=O) groups is 1. The summed E-state index contributed by atoms with van der Waals surface area (Å²) < 4.78 is 26.3. The fourth-order valence-corrected chi connectivity index (χ4v) is 5.15. The molecule has 0 aromatic carbocycles. The van der Waals surface area contributed by atoms with Gasteiger partial charge in [-0.3, -0.25) is 0 Å². The molecule has 1 aliphatic rings. The molecule has 1 atom stereocenters. The molecular weight excluding hydrogens is 274 g/mol. The van der Waals surface area contributed by atoms with Crippen molar-refractivity contribution < 1.29 is 18.3 Å².